The molecule has 4 heterocycles. The van der Waals surface area contributed by atoms with Crippen molar-refractivity contribution in [1.29, 1.82) is 0 Å². The van der Waals surface area contributed by atoms with Gasteiger partial charge in [-0.3, -0.25) is 0 Å². The summed E-state index contributed by atoms with van der Waals surface area (Å²) >= 11 is 0. The first-order valence-corrected chi connectivity index (χ1v) is 8.74. The molecular formula is C15H19NO3S. The van der Waals surface area contributed by atoms with Gasteiger partial charge in [-0.2, -0.15) is 4.31 Å². The van der Waals surface area contributed by atoms with Crippen molar-refractivity contribution in [2.75, 3.05) is 0 Å². The first-order valence-electron chi connectivity index (χ1n) is 7.30. The van der Waals surface area contributed by atoms with Crippen molar-refractivity contribution < 1.29 is 13.2 Å². The van der Waals surface area contributed by atoms with E-state index in [2.05, 4.69) is 0 Å². The van der Waals surface area contributed by atoms with Crippen molar-refractivity contribution in [3.63, 3.8) is 0 Å². The van der Waals surface area contributed by atoms with E-state index in [1.165, 1.54) is 0 Å². The average Bonchev–Trinajstić information content (AvgIpc) is 2.37. The summed E-state index contributed by atoms with van der Waals surface area (Å²) in [5, 5.41) is 0. The summed E-state index contributed by atoms with van der Waals surface area (Å²) in [6, 6.07) is 7.47. The SMILES string of the molecule is Cc1ccc(S(=O)(=O)N2C3CC4CC2CC(C3)O4)cc1. The Bertz CT molecular complexity index is 595. The van der Waals surface area contributed by atoms with E-state index in [4.69, 9.17) is 4.74 Å². The van der Waals surface area contributed by atoms with E-state index in [0.29, 0.717) is 4.90 Å². The number of piperidine rings is 2. The monoisotopic (exact) mass is 293 g/mol. The number of rotatable bonds is 2. The maximum atomic E-state index is 12.9. The Morgan fingerprint density at radius 3 is 2.00 bits per heavy atom. The molecule has 4 nitrogen and oxygen atoms in total. The van der Waals surface area contributed by atoms with Crippen LogP contribution in [0.2, 0.25) is 0 Å². The molecule has 4 bridgehead atoms. The Morgan fingerprint density at radius 1 is 1.00 bits per heavy atom. The minimum Gasteiger partial charge on any atom is -0.375 e. The van der Waals surface area contributed by atoms with Crippen LogP contribution in [0.5, 0.6) is 0 Å². The third-order valence-electron chi connectivity index (χ3n) is 4.84. The fourth-order valence-corrected chi connectivity index (χ4v) is 5.88. The van der Waals surface area contributed by atoms with Crippen LogP contribution in [0.15, 0.2) is 29.2 Å². The molecule has 0 amide bonds. The van der Waals surface area contributed by atoms with Gasteiger partial charge in [0.05, 0.1) is 17.1 Å². The van der Waals surface area contributed by atoms with Crippen LogP contribution in [0.25, 0.3) is 0 Å². The lowest BCUT2D eigenvalue weighted by atomic mass is 9.80. The molecule has 0 spiro atoms. The van der Waals surface area contributed by atoms with Crippen molar-refractivity contribution in [3.8, 4) is 0 Å². The quantitative estimate of drug-likeness (QED) is 0.838. The minimum absolute atomic E-state index is 0.137. The molecule has 20 heavy (non-hydrogen) atoms. The van der Waals surface area contributed by atoms with Crippen LogP contribution in [-0.4, -0.2) is 37.0 Å². The van der Waals surface area contributed by atoms with Crippen molar-refractivity contribution in [3.05, 3.63) is 29.8 Å². The molecule has 4 aliphatic rings. The number of ether oxygens (including phenoxy) is 1. The Morgan fingerprint density at radius 2 is 1.50 bits per heavy atom. The van der Waals surface area contributed by atoms with Gasteiger partial charge in [-0.15, -0.1) is 0 Å². The van der Waals surface area contributed by atoms with Gasteiger partial charge in [-0.25, -0.2) is 8.42 Å². The van der Waals surface area contributed by atoms with Gasteiger partial charge in [-0.05, 0) is 44.7 Å². The first-order chi connectivity index (χ1) is 9.54. The second-order valence-corrected chi connectivity index (χ2v) is 8.12. The molecular weight excluding hydrogens is 274 g/mol. The highest BCUT2D eigenvalue weighted by molar-refractivity contribution is 7.89. The molecule has 0 radical (unpaired) electrons. The molecule has 5 heteroatoms. The lowest BCUT2D eigenvalue weighted by Crippen LogP contribution is -2.63. The minimum atomic E-state index is -3.36. The third-order valence-corrected chi connectivity index (χ3v) is 6.86. The number of aryl methyl sites for hydroxylation is 1. The Balaban J connectivity index is 1.71. The number of hydrogen-bond donors (Lipinski definition) is 0. The first kappa shape index (κ1) is 12.8. The molecule has 108 valence electrons. The van der Waals surface area contributed by atoms with Crippen LogP contribution in [0.4, 0.5) is 0 Å². The molecule has 0 N–H and O–H groups in total. The normalized spacial score (nSPS) is 36.5. The molecule has 0 aliphatic carbocycles. The second-order valence-electron chi connectivity index (χ2n) is 6.28. The Labute approximate surface area is 119 Å². The molecule has 0 aromatic heterocycles. The van der Waals surface area contributed by atoms with Crippen LogP contribution in [-0.2, 0) is 14.8 Å². The highest BCUT2D eigenvalue weighted by Crippen LogP contribution is 2.44. The molecule has 0 atom stereocenters. The summed E-state index contributed by atoms with van der Waals surface area (Å²) in [6.07, 6.45) is 4.00. The number of benzene rings is 1. The Kier molecular flexibility index (Phi) is 2.75. The van der Waals surface area contributed by atoms with Crippen LogP contribution in [0.1, 0.15) is 31.2 Å². The van der Waals surface area contributed by atoms with Gasteiger partial charge >= 0.3 is 0 Å². The topological polar surface area (TPSA) is 46.6 Å². The lowest BCUT2D eigenvalue weighted by Gasteiger charge is -2.55. The van der Waals surface area contributed by atoms with E-state index in [1.54, 1.807) is 16.4 Å². The highest BCUT2D eigenvalue weighted by atomic mass is 32.2. The zero-order valence-corrected chi connectivity index (χ0v) is 12.3. The Hall–Kier alpha value is -0.910. The molecule has 4 saturated heterocycles. The van der Waals surface area contributed by atoms with Gasteiger partial charge in [0.15, 0.2) is 0 Å². The average molecular weight is 293 g/mol. The van der Waals surface area contributed by atoms with E-state index in [0.717, 1.165) is 31.2 Å². The number of sulfonamides is 1. The van der Waals surface area contributed by atoms with E-state index in [9.17, 15) is 8.42 Å². The van der Waals surface area contributed by atoms with Gasteiger partial charge in [0.2, 0.25) is 10.0 Å². The van der Waals surface area contributed by atoms with Gasteiger partial charge < -0.3 is 4.74 Å². The zero-order chi connectivity index (χ0) is 13.9. The van der Waals surface area contributed by atoms with E-state index in [-0.39, 0.29) is 24.3 Å². The fraction of sp³-hybridized carbons (Fsp3) is 0.600. The number of hydrogen-bond acceptors (Lipinski definition) is 3. The summed E-state index contributed by atoms with van der Waals surface area (Å²) in [5.74, 6) is 0. The summed E-state index contributed by atoms with van der Waals surface area (Å²) in [6.45, 7) is 1.97. The maximum absolute atomic E-state index is 12.9. The summed E-state index contributed by atoms with van der Waals surface area (Å²) in [7, 11) is -3.36. The van der Waals surface area contributed by atoms with Crippen LogP contribution in [0, 0.1) is 6.92 Å². The molecule has 4 aliphatic heterocycles. The van der Waals surface area contributed by atoms with E-state index >= 15 is 0 Å². The molecule has 4 fully saturated rings. The van der Waals surface area contributed by atoms with Crippen molar-refractivity contribution in [2.45, 2.75) is 61.8 Å². The zero-order valence-electron chi connectivity index (χ0n) is 11.5. The third kappa shape index (κ3) is 1.84. The van der Waals surface area contributed by atoms with Crippen molar-refractivity contribution in [1.82, 2.24) is 4.31 Å². The van der Waals surface area contributed by atoms with Crippen molar-refractivity contribution >= 4 is 10.0 Å². The number of nitrogens with zero attached hydrogens (tertiary/aromatic N) is 1. The predicted molar refractivity (Wildman–Crippen MR) is 74.9 cm³/mol. The van der Waals surface area contributed by atoms with E-state index in [1.807, 2.05) is 19.1 Å². The van der Waals surface area contributed by atoms with Crippen LogP contribution >= 0.6 is 0 Å². The molecule has 0 unspecified atom stereocenters. The van der Waals surface area contributed by atoms with Gasteiger partial charge in [0, 0.05) is 12.1 Å². The van der Waals surface area contributed by atoms with Crippen LogP contribution < -0.4 is 0 Å². The molecule has 1 aromatic rings. The van der Waals surface area contributed by atoms with Gasteiger partial charge in [0.25, 0.3) is 0 Å². The van der Waals surface area contributed by atoms with Gasteiger partial charge in [0.1, 0.15) is 0 Å². The van der Waals surface area contributed by atoms with Crippen molar-refractivity contribution in [2.24, 2.45) is 0 Å². The molecule has 0 saturated carbocycles. The van der Waals surface area contributed by atoms with Crippen LogP contribution in [0.3, 0.4) is 0 Å². The standard InChI is InChI=1S/C15H19NO3S/c1-10-2-4-15(5-3-10)20(17,18)16-11-6-13-8-12(16)9-14(7-11)19-13/h2-5,11-14H,6-9H2,1H3. The largest absolute Gasteiger partial charge is 0.375 e. The smallest absolute Gasteiger partial charge is 0.243 e. The summed E-state index contributed by atoms with van der Waals surface area (Å²) < 4.78 is 33.5. The van der Waals surface area contributed by atoms with Gasteiger partial charge in [-0.1, -0.05) is 17.7 Å². The molecule has 5 rings (SSSR count). The predicted octanol–water partition coefficient (Wildman–Crippen LogP) is 2.08. The summed E-state index contributed by atoms with van der Waals surface area (Å²) in [4.78, 5) is 0.427. The fourth-order valence-electron chi connectivity index (χ4n) is 4.03. The maximum Gasteiger partial charge on any atom is 0.243 e. The second kappa shape index (κ2) is 4.29. The summed E-state index contributed by atoms with van der Waals surface area (Å²) in [5.41, 5.74) is 1.08. The molecule has 1 aromatic carbocycles. The lowest BCUT2D eigenvalue weighted by molar-refractivity contribution is -0.159. The highest BCUT2D eigenvalue weighted by Gasteiger charge is 2.52. The van der Waals surface area contributed by atoms with E-state index < -0.39 is 10.0 Å².